The lowest BCUT2D eigenvalue weighted by molar-refractivity contribution is 0.0684. The third-order valence-corrected chi connectivity index (χ3v) is 5.55. The van der Waals surface area contributed by atoms with E-state index in [4.69, 9.17) is 0 Å². The fourth-order valence-corrected chi connectivity index (χ4v) is 3.72. The number of piperidine rings is 1. The van der Waals surface area contributed by atoms with Gasteiger partial charge in [0.05, 0.1) is 22.4 Å². The van der Waals surface area contributed by atoms with E-state index in [1.807, 2.05) is 60.1 Å². The molecule has 1 aromatic carbocycles. The fraction of sp³-hybridized carbons (Fsp3) is 0.429. The molecule has 2 aromatic heterocycles. The molecule has 1 amide bonds. The summed E-state index contributed by atoms with van der Waals surface area (Å²) in [6.07, 6.45) is 7.05. The lowest BCUT2D eigenvalue weighted by atomic mass is 9.93. The lowest BCUT2D eigenvalue weighted by Crippen LogP contribution is -2.38. The van der Waals surface area contributed by atoms with Gasteiger partial charge in [0.25, 0.3) is 5.91 Å². The molecule has 1 saturated heterocycles. The van der Waals surface area contributed by atoms with Crippen molar-refractivity contribution in [3.63, 3.8) is 0 Å². The van der Waals surface area contributed by atoms with Gasteiger partial charge < -0.3 is 4.90 Å². The number of carbonyl (C=O) groups excluding carboxylic acids is 1. The molecule has 6 nitrogen and oxygen atoms in total. The van der Waals surface area contributed by atoms with Gasteiger partial charge in [-0.1, -0.05) is 0 Å². The summed E-state index contributed by atoms with van der Waals surface area (Å²) in [6, 6.07) is 7.61. The molecule has 3 heterocycles. The molecule has 27 heavy (non-hydrogen) atoms. The van der Waals surface area contributed by atoms with Gasteiger partial charge in [0.15, 0.2) is 0 Å². The van der Waals surface area contributed by atoms with Gasteiger partial charge in [0, 0.05) is 37.6 Å². The number of carbonyl (C=O) groups is 1. The van der Waals surface area contributed by atoms with Crippen LogP contribution in [0.3, 0.4) is 0 Å². The van der Waals surface area contributed by atoms with Crippen LogP contribution in [-0.2, 0) is 6.54 Å². The molecular formula is C21H25N5O. The second kappa shape index (κ2) is 7.47. The van der Waals surface area contributed by atoms with Crippen molar-refractivity contribution < 1.29 is 4.79 Å². The topological polar surface area (TPSA) is 63.9 Å². The second-order valence-electron chi connectivity index (χ2n) is 7.39. The summed E-state index contributed by atoms with van der Waals surface area (Å²) in [4.78, 5) is 24.0. The number of rotatable bonds is 4. The maximum atomic E-state index is 12.9. The molecule has 4 rings (SSSR count). The third kappa shape index (κ3) is 3.84. The van der Waals surface area contributed by atoms with Crippen LogP contribution in [0.2, 0.25) is 0 Å². The van der Waals surface area contributed by atoms with Crippen LogP contribution in [0.1, 0.15) is 41.0 Å². The molecule has 0 spiro atoms. The minimum atomic E-state index is 0.0995. The van der Waals surface area contributed by atoms with Crippen molar-refractivity contribution in [2.45, 2.75) is 39.7 Å². The first-order chi connectivity index (χ1) is 13.1. The van der Waals surface area contributed by atoms with E-state index in [0.29, 0.717) is 11.5 Å². The first-order valence-electron chi connectivity index (χ1n) is 9.62. The summed E-state index contributed by atoms with van der Waals surface area (Å²) in [5.41, 5.74) is 4.17. The zero-order chi connectivity index (χ0) is 18.8. The highest BCUT2D eigenvalue weighted by atomic mass is 16.2. The maximum Gasteiger partial charge on any atom is 0.253 e. The van der Waals surface area contributed by atoms with Gasteiger partial charge in [-0.2, -0.15) is 5.10 Å². The Morgan fingerprint density at radius 2 is 1.85 bits per heavy atom. The van der Waals surface area contributed by atoms with Gasteiger partial charge >= 0.3 is 0 Å². The number of aryl methyl sites for hydroxylation is 3. The number of amides is 1. The van der Waals surface area contributed by atoms with Crippen LogP contribution in [0.5, 0.6) is 0 Å². The molecule has 1 fully saturated rings. The Bertz CT molecular complexity index is 943. The lowest BCUT2D eigenvalue weighted by Gasteiger charge is -2.32. The van der Waals surface area contributed by atoms with Crippen molar-refractivity contribution >= 4 is 16.9 Å². The number of likely N-dealkylation sites (tertiary alicyclic amines) is 1. The van der Waals surface area contributed by atoms with E-state index in [1.54, 1.807) is 0 Å². The van der Waals surface area contributed by atoms with Crippen molar-refractivity contribution in [2.75, 3.05) is 13.1 Å². The van der Waals surface area contributed by atoms with E-state index in [1.165, 1.54) is 0 Å². The van der Waals surface area contributed by atoms with E-state index in [2.05, 4.69) is 15.1 Å². The van der Waals surface area contributed by atoms with Crippen molar-refractivity contribution in [1.29, 1.82) is 0 Å². The summed E-state index contributed by atoms with van der Waals surface area (Å²) in [7, 11) is 0. The van der Waals surface area contributed by atoms with Gasteiger partial charge in [-0.25, -0.2) is 9.97 Å². The van der Waals surface area contributed by atoms with Gasteiger partial charge in [0.2, 0.25) is 0 Å². The molecule has 6 heteroatoms. The Labute approximate surface area is 159 Å². The number of hydrogen-bond donors (Lipinski definition) is 0. The van der Waals surface area contributed by atoms with Crippen LogP contribution < -0.4 is 0 Å². The first-order valence-corrected chi connectivity index (χ1v) is 9.62. The van der Waals surface area contributed by atoms with E-state index in [-0.39, 0.29) is 5.91 Å². The monoisotopic (exact) mass is 363 g/mol. The molecule has 0 aliphatic carbocycles. The molecule has 0 bridgehead atoms. The molecule has 1 aliphatic heterocycles. The van der Waals surface area contributed by atoms with E-state index < -0.39 is 0 Å². The molecular weight excluding hydrogens is 338 g/mol. The summed E-state index contributed by atoms with van der Waals surface area (Å²) >= 11 is 0. The van der Waals surface area contributed by atoms with Gasteiger partial charge in [-0.05, 0) is 63.3 Å². The average Bonchev–Trinajstić information content (AvgIpc) is 3.20. The van der Waals surface area contributed by atoms with Crippen LogP contribution in [0.15, 0.2) is 36.7 Å². The van der Waals surface area contributed by atoms with Gasteiger partial charge in [-0.15, -0.1) is 0 Å². The van der Waals surface area contributed by atoms with Crippen LogP contribution >= 0.6 is 0 Å². The Morgan fingerprint density at radius 3 is 2.56 bits per heavy atom. The molecule has 1 aliphatic rings. The number of aromatic nitrogens is 4. The Hall–Kier alpha value is -2.76. The standard InChI is InChI=1S/C21H25N5O/c1-15-16(2)24-20-14-18(4-5-19(20)23-15)21(27)25-11-6-17(7-12-25)8-13-26-10-3-9-22-26/h3-5,9-10,14,17H,6-8,11-13H2,1-2H3. The summed E-state index contributed by atoms with van der Waals surface area (Å²) in [5.74, 6) is 0.758. The van der Waals surface area contributed by atoms with E-state index in [9.17, 15) is 4.79 Å². The predicted molar refractivity (Wildman–Crippen MR) is 104 cm³/mol. The van der Waals surface area contributed by atoms with Crippen LogP contribution in [0.25, 0.3) is 11.0 Å². The molecule has 0 saturated carbocycles. The Morgan fingerprint density at radius 1 is 1.11 bits per heavy atom. The van der Waals surface area contributed by atoms with Crippen LogP contribution in [-0.4, -0.2) is 43.6 Å². The quantitative estimate of drug-likeness (QED) is 0.713. The number of benzene rings is 1. The maximum absolute atomic E-state index is 12.9. The SMILES string of the molecule is Cc1nc2ccc(C(=O)N3CCC(CCn4cccn4)CC3)cc2nc1C. The highest BCUT2D eigenvalue weighted by Gasteiger charge is 2.24. The Balaban J connectivity index is 1.38. The summed E-state index contributed by atoms with van der Waals surface area (Å²) in [6.45, 7) is 6.49. The highest BCUT2D eigenvalue weighted by molar-refractivity contribution is 5.97. The zero-order valence-electron chi connectivity index (χ0n) is 15.9. The minimum Gasteiger partial charge on any atom is -0.339 e. The Kier molecular flexibility index (Phi) is 4.88. The molecule has 0 N–H and O–H groups in total. The first kappa shape index (κ1) is 17.6. The molecule has 0 radical (unpaired) electrons. The second-order valence-corrected chi connectivity index (χ2v) is 7.39. The summed E-state index contributed by atoms with van der Waals surface area (Å²) < 4.78 is 1.98. The van der Waals surface area contributed by atoms with Gasteiger partial charge in [0.1, 0.15) is 0 Å². The molecule has 3 aromatic rings. The molecule has 140 valence electrons. The smallest absolute Gasteiger partial charge is 0.253 e. The number of fused-ring (bicyclic) bond motifs is 1. The van der Waals surface area contributed by atoms with Crippen LogP contribution in [0.4, 0.5) is 0 Å². The van der Waals surface area contributed by atoms with Gasteiger partial charge in [-0.3, -0.25) is 9.48 Å². The predicted octanol–water partition coefficient (Wildman–Crippen LogP) is 3.39. The van der Waals surface area contributed by atoms with E-state index >= 15 is 0 Å². The third-order valence-electron chi connectivity index (χ3n) is 5.55. The number of nitrogens with zero attached hydrogens (tertiary/aromatic N) is 5. The highest BCUT2D eigenvalue weighted by Crippen LogP contribution is 2.23. The van der Waals surface area contributed by atoms with Crippen molar-refractivity contribution in [1.82, 2.24) is 24.6 Å². The largest absolute Gasteiger partial charge is 0.339 e. The van der Waals surface area contributed by atoms with E-state index in [0.717, 1.165) is 61.3 Å². The van der Waals surface area contributed by atoms with Crippen molar-refractivity contribution in [3.05, 3.63) is 53.6 Å². The van der Waals surface area contributed by atoms with Crippen molar-refractivity contribution in [3.8, 4) is 0 Å². The molecule has 0 unspecified atom stereocenters. The van der Waals surface area contributed by atoms with Crippen LogP contribution in [0, 0.1) is 19.8 Å². The zero-order valence-corrected chi connectivity index (χ0v) is 15.9. The summed E-state index contributed by atoms with van der Waals surface area (Å²) in [5, 5.41) is 4.26. The fourth-order valence-electron chi connectivity index (χ4n) is 3.72. The molecule has 0 atom stereocenters. The minimum absolute atomic E-state index is 0.0995. The van der Waals surface area contributed by atoms with Crippen molar-refractivity contribution in [2.24, 2.45) is 5.92 Å². The number of hydrogen-bond acceptors (Lipinski definition) is 4. The average molecular weight is 363 g/mol. The normalized spacial score (nSPS) is 15.4.